The summed E-state index contributed by atoms with van der Waals surface area (Å²) in [5.41, 5.74) is 1.22. The van der Waals surface area contributed by atoms with Gasteiger partial charge in [-0.1, -0.05) is 30.3 Å². The smallest absolute Gasteiger partial charge is 0.230 e. The Labute approximate surface area is 124 Å². The Morgan fingerprint density at radius 2 is 1.81 bits per heavy atom. The molecule has 3 rings (SSSR count). The highest BCUT2D eigenvalue weighted by Gasteiger charge is 2.22. The van der Waals surface area contributed by atoms with Gasteiger partial charge < -0.3 is 10.0 Å². The van der Waals surface area contributed by atoms with Crippen molar-refractivity contribution in [1.29, 1.82) is 0 Å². The molecule has 2 heterocycles. The summed E-state index contributed by atoms with van der Waals surface area (Å²) in [6.07, 6.45) is 8.20. The quantitative estimate of drug-likeness (QED) is 0.903. The van der Waals surface area contributed by atoms with E-state index in [4.69, 9.17) is 0 Å². The summed E-state index contributed by atoms with van der Waals surface area (Å²) in [4.78, 5) is 12.6. The number of nitrogens with zero attached hydrogens (tertiary/aromatic N) is 4. The molecule has 1 aliphatic rings. The van der Waals surface area contributed by atoms with E-state index in [-0.39, 0.29) is 12.6 Å². The van der Waals surface area contributed by atoms with Crippen LogP contribution >= 0.6 is 0 Å². The molecule has 1 aliphatic heterocycles. The number of hydrogen-bond donors (Lipinski definition) is 1. The molecule has 1 aromatic carbocycles. The van der Waals surface area contributed by atoms with Crippen LogP contribution < -0.4 is 4.90 Å². The van der Waals surface area contributed by atoms with Gasteiger partial charge in [0.15, 0.2) is 0 Å². The lowest BCUT2D eigenvalue weighted by Crippen LogP contribution is -2.38. The molecule has 1 unspecified atom stereocenters. The SMILES string of the molecule is OCC(Cc1ccccc1)N1C=CN(c2ncccn2)C1. The van der Waals surface area contributed by atoms with Gasteiger partial charge in [-0.15, -0.1) is 0 Å². The number of hydrogen-bond acceptors (Lipinski definition) is 5. The van der Waals surface area contributed by atoms with Gasteiger partial charge in [0.25, 0.3) is 0 Å². The van der Waals surface area contributed by atoms with E-state index in [1.807, 2.05) is 35.5 Å². The van der Waals surface area contributed by atoms with Crippen molar-refractivity contribution in [3.63, 3.8) is 0 Å². The second-order valence-electron chi connectivity index (χ2n) is 5.00. The fraction of sp³-hybridized carbons (Fsp3) is 0.250. The Kier molecular flexibility index (Phi) is 4.12. The highest BCUT2D eigenvalue weighted by Crippen LogP contribution is 2.18. The minimum Gasteiger partial charge on any atom is -0.394 e. The third kappa shape index (κ3) is 3.20. The van der Waals surface area contributed by atoms with Crippen LogP contribution in [0, 0.1) is 0 Å². The largest absolute Gasteiger partial charge is 0.394 e. The molecule has 2 aromatic rings. The van der Waals surface area contributed by atoms with Gasteiger partial charge in [0.1, 0.15) is 0 Å². The van der Waals surface area contributed by atoms with E-state index < -0.39 is 0 Å². The van der Waals surface area contributed by atoms with Crippen molar-refractivity contribution in [3.8, 4) is 0 Å². The van der Waals surface area contributed by atoms with Crippen molar-refractivity contribution >= 4 is 5.95 Å². The van der Waals surface area contributed by atoms with Gasteiger partial charge in [-0.3, -0.25) is 4.90 Å². The molecule has 5 heteroatoms. The Balaban J connectivity index is 1.66. The first-order chi connectivity index (χ1) is 10.4. The number of anilines is 1. The van der Waals surface area contributed by atoms with E-state index in [1.165, 1.54) is 5.56 Å². The maximum Gasteiger partial charge on any atom is 0.230 e. The minimum atomic E-state index is 0.0531. The number of aliphatic hydroxyl groups excluding tert-OH is 1. The summed E-state index contributed by atoms with van der Waals surface area (Å²) in [7, 11) is 0. The molecule has 0 saturated carbocycles. The van der Waals surface area contributed by atoms with E-state index in [9.17, 15) is 5.11 Å². The summed E-state index contributed by atoms with van der Waals surface area (Å²) in [5, 5.41) is 9.68. The van der Waals surface area contributed by atoms with Gasteiger partial charge in [0, 0.05) is 24.8 Å². The van der Waals surface area contributed by atoms with Crippen molar-refractivity contribution < 1.29 is 5.11 Å². The van der Waals surface area contributed by atoms with Gasteiger partial charge in [-0.25, -0.2) is 9.97 Å². The third-order valence-electron chi connectivity index (χ3n) is 3.56. The first-order valence-corrected chi connectivity index (χ1v) is 6.99. The second kappa shape index (κ2) is 6.37. The van der Waals surface area contributed by atoms with Gasteiger partial charge in [-0.05, 0) is 18.1 Å². The first kappa shape index (κ1) is 13.6. The average molecular weight is 282 g/mol. The lowest BCUT2D eigenvalue weighted by molar-refractivity contribution is 0.171. The highest BCUT2D eigenvalue weighted by molar-refractivity contribution is 5.35. The third-order valence-corrected chi connectivity index (χ3v) is 3.56. The number of rotatable bonds is 5. The van der Waals surface area contributed by atoms with Crippen LogP contribution in [0.15, 0.2) is 61.2 Å². The Bertz CT molecular complexity index is 588. The lowest BCUT2D eigenvalue weighted by atomic mass is 10.1. The molecule has 1 atom stereocenters. The molecule has 0 saturated heterocycles. The molecule has 0 fully saturated rings. The molecular weight excluding hydrogens is 264 g/mol. The normalized spacial score (nSPS) is 15.5. The average Bonchev–Trinajstić information content (AvgIpc) is 3.04. The topological polar surface area (TPSA) is 52.5 Å². The zero-order chi connectivity index (χ0) is 14.5. The van der Waals surface area contributed by atoms with E-state index in [2.05, 4.69) is 27.0 Å². The number of benzene rings is 1. The summed E-state index contributed by atoms with van der Waals surface area (Å²) < 4.78 is 0. The van der Waals surface area contributed by atoms with E-state index in [0.717, 1.165) is 6.42 Å². The Hall–Kier alpha value is -2.40. The van der Waals surface area contributed by atoms with Crippen LogP contribution in [0.3, 0.4) is 0 Å². The zero-order valence-corrected chi connectivity index (χ0v) is 11.7. The van der Waals surface area contributed by atoms with Crippen molar-refractivity contribution in [3.05, 3.63) is 66.8 Å². The van der Waals surface area contributed by atoms with Crippen LogP contribution in [-0.2, 0) is 6.42 Å². The highest BCUT2D eigenvalue weighted by atomic mass is 16.3. The van der Waals surface area contributed by atoms with Gasteiger partial charge in [0.2, 0.25) is 5.95 Å². The lowest BCUT2D eigenvalue weighted by Gasteiger charge is -2.27. The van der Waals surface area contributed by atoms with Crippen LogP contribution in [0.2, 0.25) is 0 Å². The maximum atomic E-state index is 9.68. The summed E-state index contributed by atoms with van der Waals surface area (Å²) >= 11 is 0. The predicted octanol–water partition coefficient (Wildman–Crippen LogP) is 1.63. The van der Waals surface area contributed by atoms with E-state index >= 15 is 0 Å². The molecule has 0 radical (unpaired) electrons. The molecule has 0 amide bonds. The van der Waals surface area contributed by atoms with Crippen molar-refractivity contribution in [2.24, 2.45) is 0 Å². The Morgan fingerprint density at radius 1 is 1.05 bits per heavy atom. The first-order valence-electron chi connectivity index (χ1n) is 6.99. The minimum absolute atomic E-state index is 0.0531. The fourth-order valence-electron chi connectivity index (χ4n) is 2.42. The van der Waals surface area contributed by atoms with Crippen LogP contribution in [0.4, 0.5) is 5.95 Å². The molecule has 108 valence electrons. The summed E-state index contributed by atoms with van der Waals surface area (Å²) in [5.74, 6) is 0.674. The molecule has 0 aliphatic carbocycles. The monoisotopic (exact) mass is 282 g/mol. The molecule has 0 spiro atoms. The van der Waals surface area contributed by atoms with E-state index in [1.54, 1.807) is 18.5 Å². The molecular formula is C16H18N4O. The van der Waals surface area contributed by atoms with E-state index in [0.29, 0.717) is 12.6 Å². The van der Waals surface area contributed by atoms with Crippen LogP contribution in [-0.4, -0.2) is 39.3 Å². The van der Waals surface area contributed by atoms with Crippen molar-refractivity contribution in [2.45, 2.75) is 12.5 Å². The molecule has 1 N–H and O–H groups in total. The molecule has 5 nitrogen and oxygen atoms in total. The summed E-state index contributed by atoms with van der Waals surface area (Å²) in [6, 6.07) is 12.1. The van der Waals surface area contributed by atoms with Crippen molar-refractivity contribution in [1.82, 2.24) is 14.9 Å². The molecule has 0 bridgehead atoms. The van der Waals surface area contributed by atoms with Crippen LogP contribution in [0.1, 0.15) is 5.56 Å². The zero-order valence-electron chi connectivity index (χ0n) is 11.7. The second-order valence-corrected chi connectivity index (χ2v) is 5.00. The summed E-state index contributed by atoms with van der Waals surface area (Å²) in [6.45, 7) is 0.769. The fourth-order valence-corrected chi connectivity index (χ4v) is 2.42. The molecule has 1 aromatic heterocycles. The van der Waals surface area contributed by atoms with Crippen LogP contribution in [0.5, 0.6) is 0 Å². The Morgan fingerprint density at radius 3 is 2.52 bits per heavy atom. The van der Waals surface area contributed by atoms with Gasteiger partial charge >= 0.3 is 0 Å². The van der Waals surface area contributed by atoms with Gasteiger partial charge in [-0.2, -0.15) is 0 Å². The number of aromatic nitrogens is 2. The standard InChI is InChI=1S/C16H18N4O/c21-12-15(11-14-5-2-1-3-6-14)19-9-10-20(13-19)16-17-7-4-8-18-16/h1-10,15,21H,11-13H2. The van der Waals surface area contributed by atoms with Crippen molar-refractivity contribution in [2.75, 3.05) is 18.2 Å². The maximum absolute atomic E-state index is 9.68. The number of aliphatic hydroxyl groups is 1. The predicted molar refractivity (Wildman–Crippen MR) is 81.4 cm³/mol. The molecule has 21 heavy (non-hydrogen) atoms. The van der Waals surface area contributed by atoms with Gasteiger partial charge in [0.05, 0.1) is 19.3 Å². The van der Waals surface area contributed by atoms with Crippen LogP contribution in [0.25, 0.3) is 0 Å².